The lowest BCUT2D eigenvalue weighted by atomic mass is 9.85. The molecule has 4 aromatic rings. The summed E-state index contributed by atoms with van der Waals surface area (Å²) in [6.45, 7) is 2.91. The van der Waals surface area contributed by atoms with Gasteiger partial charge in [0.2, 0.25) is 5.60 Å². The summed E-state index contributed by atoms with van der Waals surface area (Å²) in [6.07, 6.45) is -0.0917. The molecule has 13 heteroatoms. The van der Waals surface area contributed by atoms with Crippen LogP contribution in [0.15, 0.2) is 53.3 Å². The maximum absolute atomic E-state index is 13.7. The Morgan fingerprint density at radius 3 is 2.61 bits per heavy atom. The zero-order valence-corrected chi connectivity index (χ0v) is 21.7. The van der Waals surface area contributed by atoms with Crippen LogP contribution in [0.1, 0.15) is 46.0 Å². The van der Waals surface area contributed by atoms with E-state index >= 15 is 0 Å². The number of hydrogen-bond acceptors (Lipinski definition) is 10. The molecule has 1 atom stereocenters. The number of hydrogen-bond donors (Lipinski definition) is 0. The summed E-state index contributed by atoms with van der Waals surface area (Å²) in [7, 11) is 0. The molecule has 0 spiro atoms. The van der Waals surface area contributed by atoms with Gasteiger partial charge in [-0.2, -0.15) is 0 Å². The predicted octanol–water partition coefficient (Wildman–Crippen LogP) is 4.07. The smallest absolute Gasteiger partial charge is 0.355 e. The van der Waals surface area contributed by atoms with Crippen molar-refractivity contribution in [1.29, 1.82) is 0 Å². The zero-order chi connectivity index (χ0) is 29.2. The third-order valence-corrected chi connectivity index (χ3v) is 7.47. The van der Waals surface area contributed by atoms with Crippen molar-refractivity contribution in [3.05, 3.63) is 107 Å². The Morgan fingerprint density at radius 1 is 1.12 bits per heavy atom. The second kappa shape index (κ2) is 9.05. The molecule has 2 aliphatic rings. The number of nitrogens with zero attached hydrogens (tertiary/aromatic N) is 4. The number of carbonyl (C=O) groups excluding carboxylic acids is 2. The van der Waals surface area contributed by atoms with E-state index in [1.807, 2.05) is 0 Å². The maximum Gasteiger partial charge on any atom is 0.355 e. The number of non-ortho nitro benzene ring substituents is 2. The van der Waals surface area contributed by atoms with Crippen molar-refractivity contribution in [2.24, 2.45) is 0 Å². The zero-order valence-electron chi connectivity index (χ0n) is 21.7. The highest BCUT2D eigenvalue weighted by atomic mass is 16.6. The van der Waals surface area contributed by atoms with Crippen LogP contribution < -0.4 is 5.56 Å². The molecule has 0 bridgehead atoms. The Bertz CT molecular complexity index is 1930. The van der Waals surface area contributed by atoms with Crippen LogP contribution >= 0.6 is 0 Å². The van der Waals surface area contributed by atoms with Crippen LogP contribution in [0.2, 0.25) is 0 Å². The van der Waals surface area contributed by atoms with Crippen LogP contribution in [-0.2, 0) is 33.0 Å². The van der Waals surface area contributed by atoms with Crippen LogP contribution in [0.4, 0.5) is 11.4 Å². The van der Waals surface area contributed by atoms with Gasteiger partial charge in [0.25, 0.3) is 16.9 Å². The molecule has 0 unspecified atom stereocenters. The summed E-state index contributed by atoms with van der Waals surface area (Å²) in [5.74, 6) is -1.88. The molecule has 0 N–H and O–H groups in total. The fourth-order valence-corrected chi connectivity index (χ4v) is 5.51. The van der Waals surface area contributed by atoms with E-state index in [0.29, 0.717) is 33.4 Å². The number of nitro groups is 2. The monoisotopic (exact) mass is 556 g/mol. The molecule has 0 fully saturated rings. The predicted molar refractivity (Wildman–Crippen MR) is 142 cm³/mol. The summed E-state index contributed by atoms with van der Waals surface area (Å²) in [5, 5.41) is 23.2. The number of carbonyl (C=O) groups is 2. The van der Waals surface area contributed by atoms with Gasteiger partial charge in [0.15, 0.2) is 0 Å². The topological polar surface area (TPSA) is 174 Å². The van der Waals surface area contributed by atoms with Gasteiger partial charge in [-0.25, -0.2) is 14.6 Å². The van der Waals surface area contributed by atoms with Crippen molar-refractivity contribution in [3.8, 4) is 11.4 Å². The molecule has 41 heavy (non-hydrogen) atoms. The van der Waals surface area contributed by atoms with Gasteiger partial charge in [-0.1, -0.05) is 13.0 Å². The Morgan fingerprint density at radius 2 is 1.90 bits per heavy atom. The molecule has 2 aliphatic heterocycles. The van der Waals surface area contributed by atoms with Crippen LogP contribution in [0.5, 0.6) is 0 Å². The molecule has 2 aromatic heterocycles. The molecular weight excluding hydrogens is 536 g/mol. The summed E-state index contributed by atoms with van der Waals surface area (Å²) in [6, 6.07) is 11.4. The number of nitro benzene ring substituents is 2. The molecule has 2 aromatic carbocycles. The molecule has 206 valence electrons. The van der Waals surface area contributed by atoms with Gasteiger partial charge in [-0.05, 0) is 43.2 Å². The minimum Gasteiger partial charge on any atom is -0.457 e. The number of fused-ring (bicyclic) bond motifs is 5. The first kappa shape index (κ1) is 25.8. The third-order valence-electron chi connectivity index (χ3n) is 7.47. The molecule has 0 aliphatic carbocycles. The number of esters is 2. The number of benzene rings is 2. The third kappa shape index (κ3) is 3.84. The number of ether oxygens (including phenoxy) is 2. The van der Waals surface area contributed by atoms with E-state index in [4.69, 9.17) is 9.47 Å². The molecular formula is C28H20N4O9. The van der Waals surface area contributed by atoms with Crippen molar-refractivity contribution in [3.63, 3.8) is 0 Å². The van der Waals surface area contributed by atoms with E-state index in [0.717, 1.165) is 6.07 Å². The lowest BCUT2D eigenvalue weighted by Gasteiger charge is -2.35. The normalized spacial score (nSPS) is 16.9. The second-order valence-electron chi connectivity index (χ2n) is 9.87. The Kier molecular flexibility index (Phi) is 5.69. The Balaban J connectivity index is 1.50. The quantitative estimate of drug-likeness (QED) is 0.174. The highest BCUT2D eigenvalue weighted by Crippen LogP contribution is 2.42. The molecule has 4 heterocycles. The van der Waals surface area contributed by atoms with Crippen molar-refractivity contribution in [2.75, 3.05) is 0 Å². The summed E-state index contributed by atoms with van der Waals surface area (Å²) in [5.41, 5.74) is -0.690. The Hall–Kier alpha value is -5.46. The number of pyridine rings is 2. The van der Waals surface area contributed by atoms with Gasteiger partial charge in [-0.15, -0.1) is 0 Å². The largest absolute Gasteiger partial charge is 0.457 e. The second-order valence-corrected chi connectivity index (χ2v) is 9.87. The van der Waals surface area contributed by atoms with E-state index in [1.54, 1.807) is 32.0 Å². The standard InChI is InChI=1S/C28H20N4O9/c1-3-28(41-26(34)15-7-14(2)8-17(9-15)31(36)37)20-11-23-24-16(12-30(23)25(33)19(20)13-40-27(28)35)10-18-21(29-24)5-4-6-22(18)32(38)39/h4-11H,3,12-13H2,1-2H3/t28-/m0/s1. The maximum atomic E-state index is 13.7. The van der Waals surface area contributed by atoms with Gasteiger partial charge < -0.3 is 14.0 Å². The first-order valence-corrected chi connectivity index (χ1v) is 12.6. The summed E-state index contributed by atoms with van der Waals surface area (Å²) >= 11 is 0. The fraction of sp³-hybridized carbons (Fsp3) is 0.214. The highest BCUT2D eigenvalue weighted by molar-refractivity contribution is 5.95. The van der Waals surface area contributed by atoms with Gasteiger partial charge in [0, 0.05) is 29.3 Å². The van der Waals surface area contributed by atoms with Gasteiger partial charge >= 0.3 is 11.9 Å². The van der Waals surface area contributed by atoms with Crippen LogP contribution in [0, 0.1) is 27.2 Å². The highest BCUT2D eigenvalue weighted by Gasteiger charge is 2.50. The minimum absolute atomic E-state index is 0.0889. The van der Waals surface area contributed by atoms with Gasteiger partial charge in [0.1, 0.15) is 6.61 Å². The molecule has 0 saturated carbocycles. The number of aromatic nitrogens is 2. The van der Waals surface area contributed by atoms with Crippen LogP contribution in [0.3, 0.4) is 0 Å². The van der Waals surface area contributed by atoms with Gasteiger partial charge in [-0.3, -0.25) is 25.0 Å². The van der Waals surface area contributed by atoms with Crippen LogP contribution in [-0.4, -0.2) is 31.3 Å². The number of cyclic esters (lactones) is 1. The van der Waals surface area contributed by atoms with Crippen molar-refractivity contribution in [2.45, 2.75) is 39.0 Å². The first-order valence-electron chi connectivity index (χ1n) is 12.6. The van der Waals surface area contributed by atoms with E-state index in [2.05, 4.69) is 4.98 Å². The van der Waals surface area contributed by atoms with E-state index in [-0.39, 0.29) is 47.6 Å². The number of aryl methyl sites for hydroxylation is 1. The number of rotatable bonds is 5. The molecule has 0 saturated heterocycles. The summed E-state index contributed by atoms with van der Waals surface area (Å²) in [4.78, 5) is 66.6. The van der Waals surface area contributed by atoms with Crippen LogP contribution in [0.25, 0.3) is 22.3 Å². The van der Waals surface area contributed by atoms with Crippen molar-refractivity contribution in [1.82, 2.24) is 9.55 Å². The average molecular weight is 556 g/mol. The van der Waals surface area contributed by atoms with Crippen molar-refractivity contribution < 1.29 is 28.9 Å². The molecule has 6 rings (SSSR count). The first-order chi connectivity index (χ1) is 19.5. The van der Waals surface area contributed by atoms with E-state index in [9.17, 15) is 34.6 Å². The van der Waals surface area contributed by atoms with Crippen molar-refractivity contribution >= 4 is 34.2 Å². The molecule has 0 amide bonds. The van der Waals surface area contributed by atoms with E-state index in [1.165, 1.54) is 28.8 Å². The SMILES string of the molecule is CC[C@@]1(OC(=O)c2cc(C)cc([N+](=O)[O-])c2)C(=O)OCc2c1cc1n(c2=O)Cc2cc3c([N+](=O)[O-])cccc3nc2-1. The lowest BCUT2D eigenvalue weighted by molar-refractivity contribution is -0.384. The van der Waals surface area contributed by atoms with E-state index < -0.39 is 32.9 Å². The molecule has 0 radical (unpaired) electrons. The minimum atomic E-state index is -2.00. The summed E-state index contributed by atoms with van der Waals surface area (Å²) < 4.78 is 12.5. The fourth-order valence-electron chi connectivity index (χ4n) is 5.51. The Labute approximate surface area is 230 Å². The van der Waals surface area contributed by atoms with Gasteiger partial charge in [0.05, 0.1) is 49.8 Å². The average Bonchev–Trinajstić information content (AvgIpc) is 3.30. The lowest BCUT2D eigenvalue weighted by Crippen LogP contribution is -2.47. The molecule has 13 nitrogen and oxygen atoms in total.